The van der Waals surface area contributed by atoms with Crippen LogP contribution in [0.4, 0.5) is 0 Å². The highest BCUT2D eigenvalue weighted by Gasteiger charge is 1.87. The first-order valence-electron chi connectivity index (χ1n) is 3.91. The lowest BCUT2D eigenvalue weighted by Crippen LogP contribution is -1.79. The smallest absolute Gasteiger partial charge is 0.115 e. The van der Waals surface area contributed by atoms with Gasteiger partial charge in [-0.3, -0.25) is 0 Å². The topological polar surface area (TPSA) is 25.8 Å². The van der Waals surface area contributed by atoms with E-state index in [1.807, 2.05) is 18.2 Å². The van der Waals surface area contributed by atoms with Crippen LogP contribution < -0.4 is 0 Å². The van der Waals surface area contributed by atoms with Gasteiger partial charge < -0.3 is 0 Å². The number of nitrogens with zero attached hydrogens (tertiary/aromatic N) is 2. The van der Waals surface area contributed by atoms with E-state index in [0.717, 1.165) is 5.69 Å². The zero-order valence-electron chi connectivity index (χ0n) is 6.92. The first-order chi connectivity index (χ1) is 6.45. The van der Waals surface area contributed by atoms with Crippen LogP contribution in [-0.4, -0.2) is 9.97 Å². The van der Waals surface area contributed by atoms with Crippen molar-refractivity contribution in [2.75, 3.05) is 0 Å². The molecule has 0 aliphatic carbocycles. The molecule has 64 valence electrons. The van der Waals surface area contributed by atoms with E-state index < -0.39 is 0 Å². The molecule has 0 saturated heterocycles. The largest absolute Gasteiger partial charge is 0.245 e. The van der Waals surface area contributed by atoms with Gasteiger partial charge in [0.1, 0.15) is 6.33 Å². The second-order valence-corrected chi connectivity index (χ2v) is 3.30. The summed E-state index contributed by atoms with van der Waals surface area (Å²) in [7, 11) is 0. The zero-order valence-corrected chi connectivity index (χ0v) is 7.74. The van der Waals surface area contributed by atoms with E-state index >= 15 is 0 Å². The summed E-state index contributed by atoms with van der Waals surface area (Å²) < 4.78 is 0. The van der Waals surface area contributed by atoms with Crippen molar-refractivity contribution in [3.63, 3.8) is 0 Å². The molecule has 2 heterocycles. The summed E-state index contributed by atoms with van der Waals surface area (Å²) in [6.45, 7) is 0. The molecule has 2 rings (SSSR count). The average Bonchev–Trinajstić information content (AvgIpc) is 2.69. The third kappa shape index (κ3) is 2.23. The van der Waals surface area contributed by atoms with Gasteiger partial charge in [-0.1, -0.05) is 6.08 Å². The van der Waals surface area contributed by atoms with Crippen molar-refractivity contribution in [1.82, 2.24) is 9.97 Å². The van der Waals surface area contributed by atoms with Gasteiger partial charge in [-0.2, -0.15) is 11.3 Å². The number of hydrogen-bond acceptors (Lipinski definition) is 3. The predicted octanol–water partition coefficient (Wildman–Crippen LogP) is 2.71. The Morgan fingerprint density at radius 1 is 1.23 bits per heavy atom. The van der Waals surface area contributed by atoms with Crippen molar-refractivity contribution in [1.29, 1.82) is 0 Å². The SMILES string of the molecule is C(=C\c1ccncn1)/c1ccsc1. The predicted molar refractivity (Wildman–Crippen MR) is 55.3 cm³/mol. The van der Waals surface area contributed by atoms with Crippen LogP contribution in [0.1, 0.15) is 11.3 Å². The molecule has 2 aromatic heterocycles. The average molecular weight is 188 g/mol. The van der Waals surface area contributed by atoms with Crippen molar-refractivity contribution < 1.29 is 0 Å². The Balaban J connectivity index is 2.15. The van der Waals surface area contributed by atoms with Crippen LogP contribution in [0.3, 0.4) is 0 Å². The third-order valence-electron chi connectivity index (χ3n) is 1.59. The van der Waals surface area contributed by atoms with Crippen LogP contribution in [0.15, 0.2) is 35.4 Å². The van der Waals surface area contributed by atoms with Crippen LogP contribution in [0, 0.1) is 0 Å². The molecule has 13 heavy (non-hydrogen) atoms. The van der Waals surface area contributed by atoms with E-state index in [4.69, 9.17) is 0 Å². The summed E-state index contributed by atoms with van der Waals surface area (Å²) in [5, 5.41) is 4.15. The lowest BCUT2D eigenvalue weighted by molar-refractivity contribution is 1.15. The van der Waals surface area contributed by atoms with E-state index in [1.54, 1.807) is 23.9 Å². The van der Waals surface area contributed by atoms with E-state index in [2.05, 4.69) is 26.8 Å². The first-order valence-corrected chi connectivity index (χ1v) is 4.86. The van der Waals surface area contributed by atoms with E-state index in [1.165, 1.54) is 5.56 Å². The Kier molecular flexibility index (Phi) is 2.48. The van der Waals surface area contributed by atoms with Gasteiger partial charge in [0.2, 0.25) is 0 Å². The lowest BCUT2D eigenvalue weighted by atomic mass is 10.3. The van der Waals surface area contributed by atoms with Crippen molar-refractivity contribution in [2.24, 2.45) is 0 Å². The third-order valence-corrected chi connectivity index (χ3v) is 2.30. The molecule has 0 amide bonds. The quantitative estimate of drug-likeness (QED) is 0.724. The number of hydrogen-bond donors (Lipinski definition) is 0. The maximum atomic E-state index is 4.08. The Morgan fingerprint density at radius 3 is 2.92 bits per heavy atom. The highest BCUT2D eigenvalue weighted by atomic mass is 32.1. The van der Waals surface area contributed by atoms with Crippen LogP contribution >= 0.6 is 11.3 Å². The minimum Gasteiger partial charge on any atom is -0.245 e. The maximum absolute atomic E-state index is 4.08. The van der Waals surface area contributed by atoms with Crippen LogP contribution in [0.2, 0.25) is 0 Å². The fourth-order valence-corrected chi connectivity index (χ4v) is 1.58. The molecule has 0 N–H and O–H groups in total. The van der Waals surface area contributed by atoms with Crippen molar-refractivity contribution >= 4 is 23.5 Å². The number of rotatable bonds is 2. The molecule has 0 aliphatic heterocycles. The summed E-state index contributed by atoms with van der Waals surface area (Å²) in [6, 6.07) is 3.95. The molecule has 2 nitrogen and oxygen atoms in total. The standard InChI is InChI=1S/C10H8N2S/c1(9-4-6-13-7-9)2-10-3-5-11-8-12-10/h1-8H/b2-1+. The van der Waals surface area contributed by atoms with Gasteiger partial charge in [0.05, 0.1) is 5.69 Å². The second-order valence-electron chi connectivity index (χ2n) is 2.52. The van der Waals surface area contributed by atoms with Gasteiger partial charge in [-0.05, 0) is 34.5 Å². The summed E-state index contributed by atoms with van der Waals surface area (Å²) in [5.74, 6) is 0. The van der Waals surface area contributed by atoms with Crippen molar-refractivity contribution in [2.45, 2.75) is 0 Å². The highest BCUT2D eigenvalue weighted by molar-refractivity contribution is 7.08. The van der Waals surface area contributed by atoms with Gasteiger partial charge >= 0.3 is 0 Å². The van der Waals surface area contributed by atoms with Crippen molar-refractivity contribution in [3.8, 4) is 0 Å². The first kappa shape index (κ1) is 8.13. The Morgan fingerprint density at radius 2 is 2.23 bits per heavy atom. The molecular formula is C10H8N2S. The van der Waals surface area contributed by atoms with Gasteiger partial charge in [-0.25, -0.2) is 9.97 Å². The fraction of sp³-hybridized carbons (Fsp3) is 0. The zero-order chi connectivity index (χ0) is 8.93. The fourth-order valence-electron chi connectivity index (χ4n) is 0.951. The minimum atomic E-state index is 0.932. The molecule has 0 aromatic carbocycles. The van der Waals surface area contributed by atoms with E-state index in [9.17, 15) is 0 Å². The molecule has 0 unspecified atom stereocenters. The van der Waals surface area contributed by atoms with Crippen LogP contribution in [0.5, 0.6) is 0 Å². The molecule has 0 saturated carbocycles. The van der Waals surface area contributed by atoms with Gasteiger partial charge in [0.15, 0.2) is 0 Å². The van der Waals surface area contributed by atoms with E-state index in [0.29, 0.717) is 0 Å². The summed E-state index contributed by atoms with van der Waals surface area (Å²) >= 11 is 1.69. The minimum absolute atomic E-state index is 0.932. The molecule has 2 aromatic rings. The van der Waals surface area contributed by atoms with Crippen LogP contribution in [-0.2, 0) is 0 Å². The molecular weight excluding hydrogens is 180 g/mol. The Bertz CT molecular complexity index is 379. The Hall–Kier alpha value is -1.48. The summed E-state index contributed by atoms with van der Waals surface area (Å²) in [4.78, 5) is 7.93. The second kappa shape index (κ2) is 3.96. The number of aromatic nitrogens is 2. The maximum Gasteiger partial charge on any atom is 0.115 e. The number of thiophene rings is 1. The van der Waals surface area contributed by atoms with Gasteiger partial charge in [-0.15, -0.1) is 0 Å². The van der Waals surface area contributed by atoms with Crippen molar-refractivity contribution in [3.05, 3.63) is 46.7 Å². The molecule has 0 spiro atoms. The van der Waals surface area contributed by atoms with Crippen LogP contribution in [0.25, 0.3) is 12.2 Å². The molecule has 0 fully saturated rings. The van der Waals surface area contributed by atoms with Gasteiger partial charge in [0, 0.05) is 6.20 Å². The summed E-state index contributed by atoms with van der Waals surface area (Å²) in [6.07, 6.45) is 7.30. The molecule has 0 radical (unpaired) electrons. The van der Waals surface area contributed by atoms with E-state index in [-0.39, 0.29) is 0 Å². The molecule has 3 heteroatoms. The summed E-state index contributed by atoms with van der Waals surface area (Å²) in [5.41, 5.74) is 2.14. The molecule has 0 atom stereocenters. The highest BCUT2D eigenvalue weighted by Crippen LogP contribution is 2.09. The lowest BCUT2D eigenvalue weighted by Gasteiger charge is -1.88. The van der Waals surface area contributed by atoms with Gasteiger partial charge in [0.25, 0.3) is 0 Å². The Labute approximate surface area is 80.6 Å². The molecule has 0 bridgehead atoms. The molecule has 0 aliphatic rings. The normalized spacial score (nSPS) is 10.8. The monoisotopic (exact) mass is 188 g/mol.